The molecule has 0 aromatic rings. The van der Waals surface area contributed by atoms with Gasteiger partial charge in [-0.15, -0.1) is 0 Å². The molecule has 1 heteroatoms. The summed E-state index contributed by atoms with van der Waals surface area (Å²) in [6.45, 7) is 0.635. The lowest BCUT2D eigenvalue weighted by Gasteiger charge is -2.24. The second-order valence-corrected chi connectivity index (χ2v) is 2.69. The van der Waals surface area contributed by atoms with Gasteiger partial charge in [0.25, 0.3) is 0 Å². The summed E-state index contributed by atoms with van der Waals surface area (Å²) >= 11 is 0. The van der Waals surface area contributed by atoms with Crippen molar-refractivity contribution in [3.63, 3.8) is 0 Å². The van der Waals surface area contributed by atoms with Crippen LogP contribution in [0.15, 0.2) is 0 Å². The van der Waals surface area contributed by atoms with Crippen LogP contribution < -0.4 is 5.73 Å². The van der Waals surface area contributed by atoms with Gasteiger partial charge in [-0.2, -0.15) is 0 Å². The smallest absolute Gasteiger partial charge is 0.00998 e. The van der Waals surface area contributed by atoms with E-state index in [2.05, 4.69) is 0 Å². The number of hydrogen-bond acceptors (Lipinski definition) is 0. The SMILES string of the molecule is [NH]CCCC1CCC1. The lowest BCUT2D eigenvalue weighted by molar-refractivity contribution is 0.291. The summed E-state index contributed by atoms with van der Waals surface area (Å²) in [7, 11) is 0. The summed E-state index contributed by atoms with van der Waals surface area (Å²) in [5.41, 5.74) is 6.90. The van der Waals surface area contributed by atoms with Crippen LogP contribution in [0.3, 0.4) is 0 Å². The molecule has 1 rings (SSSR count). The summed E-state index contributed by atoms with van der Waals surface area (Å²) in [6, 6.07) is 0. The molecule has 1 aliphatic rings. The highest BCUT2D eigenvalue weighted by molar-refractivity contribution is 4.68. The Kier molecular flexibility index (Phi) is 2.34. The first-order chi connectivity index (χ1) is 3.93. The van der Waals surface area contributed by atoms with Gasteiger partial charge in [-0.1, -0.05) is 19.3 Å². The third-order valence-corrected chi connectivity index (χ3v) is 2.01. The fourth-order valence-electron chi connectivity index (χ4n) is 1.17. The largest absolute Gasteiger partial charge is 0.258 e. The lowest BCUT2D eigenvalue weighted by Crippen LogP contribution is -2.10. The van der Waals surface area contributed by atoms with Gasteiger partial charge in [0.1, 0.15) is 0 Å². The molecule has 0 atom stereocenters. The van der Waals surface area contributed by atoms with Crippen LogP contribution in [0.2, 0.25) is 0 Å². The molecule has 1 saturated carbocycles. The second kappa shape index (κ2) is 3.08. The van der Waals surface area contributed by atoms with Gasteiger partial charge in [-0.05, 0) is 18.8 Å². The van der Waals surface area contributed by atoms with Crippen molar-refractivity contribution in [1.82, 2.24) is 5.73 Å². The zero-order chi connectivity index (χ0) is 5.82. The molecule has 1 aliphatic carbocycles. The predicted molar refractivity (Wildman–Crippen MR) is 34.5 cm³/mol. The highest BCUT2D eigenvalue weighted by Crippen LogP contribution is 2.29. The van der Waals surface area contributed by atoms with Crippen molar-refractivity contribution >= 4 is 0 Å². The maximum absolute atomic E-state index is 6.90. The van der Waals surface area contributed by atoms with Crippen molar-refractivity contribution in [3.8, 4) is 0 Å². The van der Waals surface area contributed by atoms with Crippen LogP contribution in [-0.4, -0.2) is 6.54 Å². The molecule has 0 bridgehead atoms. The molecule has 1 N–H and O–H groups in total. The van der Waals surface area contributed by atoms with Crippen molar-refractivity contribution < 1.29 is 0 Å². The standard InChI is InChI=1S/C7H14N/c8-6-2-5-7-3-1-4-7/h7-8H,1-6H2. The number of hydrogen-bond donors (Lipinski definition) is 0. The normalized spacial score (nSPS) is 20.6. The van der Waals surface area contributed by atoms with Crippen LogP contribution in [0.4, 0.5) is 0 Å². The Bertz CT molecular complexity index is 57.4. The molecule has 0 spiro atoms. The van der Waals surface area contributed by atoms with E-state index in [9.17, 15) is 0 Å². The van der Waals surface area contributed by atoms with E-state index in [0.29, 0.717) is 6.54 Å². The van der Waals surface area contributed by atoms with Crippen LogP contribution >= 0.6 is 0 Å². The molecule has 0 heterocycles. The van der Waals surface area contributed by atoms with Gasteiger partial charge < -0.3 is 0 Å². The number of nitrogens with one attached hydrogen (secondary N) is 1. The second-order valence-electron chi connectivity index (χ2n) is 2.69. The van der Waals surface area contributed by atoms with E-state index in [1.807, 2.05) is 0 Å². The summed E-state index contributed by atoms with van der Waals surface area (Å²) in [6.07, 6.45) is 6.79. The summed E-state index contributed by atoms with van der Waals surface area (Å²) in [5.74, 6) is 1.01. The zero-order valence-corrected chi connectivity index (χ0v) is 5.32. The molecule has 0 aliphatic heterocycles. The van der Waals surface area contributed by atoms with Crippen molar-refractivity contribution in [3.05, 3.63) is 0 Å². The molecule has 0 aromatic carbocycles. The molecule has 1 radical (unpaired) electrons. The van der Waals surface area contributed by atoms with Gasteiger partial charge in [0, 0.05) is 6.54 Å². The molecule has 1 fully saturated rings. The lowest BCUT2D eigenvalue weighted by atomic mass is 9.82. The fourth-order valence-corrected chi connectivity index (χ4v) is 1.17. The van der Waals surface area contributed by atoms with Crippen LogP contribution in [0.1, 0.15) is 32.1 Å². The van der Waals surface area contributed by atoms with Crippen LogP contribution in [0.25, 0.3) is 0 Å². The Balaban J connectivity index is 1.86. The van der Waals surface area contributed by atoms with Gasteiger partial charge in [0.2, 0.25) is 0 Å². The molecule has 1 nitrogen and oxygen atoms in total. The average molecular weight is 112 g/mol. The Morgan fingerprint density at radius 1 is 1.38 bits per heavy atom. The van der Waals surface area contributed by atoms with Crippen LogP contribution in [0.5, 0.6) is 0 Å². The minimum Gasteiger partial charge on any atom is -0.258 e. The average Bonchev–Trinajstić information content (AvgIpc) is 1.63. The topological polar surface area (TPSA) is 23.8 Å². The highest BCUT2D eigenvalue weighted by Gasteiger charge is 2.15. The van der Waals surface area contributed by atoms with Crippen molar-refractivity contribution in [2.75, 3.05) is 6.54 Å². The maximum Gasteiger partial charge on any atom is 0.00998 e. The first-order valence-electron chi connectivity index (χ1n) is 3.58. The zero-order valence-electron chi connectivity index (χ0n) is 5.32. The maximum atomic E-state index is 6.90. The minimum absolute atomic E-state index is 0.635. The van der Waals surface area contributed by atoms with E-state index in [0.717, 1.165) is 12.3 Å². The van der Waals surface area contributed by atoms with Crippen LogP contribution in [-0.2, 0) is 0 Å². The quantitative estimate of drug-likeness (QED) is 0.532. The van der Waals surface area contributed by atoms with E-state index < -0.39 is 0 Å². The first kappa shape index (κ1) is 6.09. The number of rotatable bonds is 3. The van der Waals surface area contributed by atoms with Gasteiger partial charge in [0.05, 0.1) is 0 Å². The molecule has 0 aromatic heterocycles. The monoisotopic (exact) mass is 112 g/mol. The molecule has 8 heavy (non-hydrogen) atoms. The summed E-state index contributed by atoms with van der Waals surface area (Å²) in [5, 5.41) is 0. The molecular weight excluding hydrogens is 98.1 g/mol. The predicted octanol–water partition coefficient (Wildman–Crippen LogP) is 1.85. The van der Waals surface area contributed by atoms with Crippen LogP contribution in [0, 0.1) is 5.92 Å². The van der Waals surface area contributed by atoms with Gasteiger partial charge in [-0.25, -0.2) is 0 Å². The highest BCUT2D eigenvalue weighted by atomic mass is 14.5. The molecular formula is C7H14N. The van der Waals surface area contributed by atoms with Crippen molar-refractivity contribution in [1.29, 1.82) is 0 Å². The summed E-state index contributed by atoms with van der Waals surface area (Å²) in [4.78, 5) is 0. The van der Waals surface area contributed by atoms with Gasteiger partial charge in [-0.3, -0.25) is 5.73 Å². The van der Waals surface area contributed by atoms with Crippen molar-refractivity contribution in [2.45, 2.75) is 32.1 Å². The Labute approximate surface area is 51.3 Å². The fraction of sp³-hybridized carbons (Fsp3) is 1.00. The summed E-state index contributed by atoms with van der Waals surface area (Å²) < 4.78 is 0. The third kappa shape index (κ3) is 1.48. The first-order valence-corrected chi connectivity index (χ1v) is 3.58. The van der Waals surface area contributed by atoms with Gasteiger partial charge >= 0.3 is 0 Å². The third-order valence-electron chi connectivity index (χ3n) is 2.01. The van der Waals surface area contributed by atoms with Crippen molar-refractivity contribution in [2.24, 2.45) is 5.92 Å². The van der Waals surface area contributed by atoms with E-state index in [1.54, 1.807) is 0 Å². The van der Waals surface area contributed by atoms with Gasteiger partial charge in [0.15, 0.2) is 0 Å². The molecule has 47 valence electrons. The molecule has 0 unspecified atom stereocenters. The van der Waals surface area contributed by atoms with E-state index >= 15 is 0 Å². The Hall–Kier alpha value is -0.0400. The van der Waals surface area contributed by atoms with E-state index in [1.165, 1.54) is 25.7 Å². The van der Waals surface area contributed by atoms with E-state index in [-0.39, 0.29) is 0 Å². The van der Waals surface area contributed by atoms with E-state index in [4.69, 9.17) is 5.73 Å². The Morgan fingerprint density at radius 3 is 2.50 bits per heavy atom. The Morgan fingerprint density at radius 2 is 2.12 bits per heavy atom. The molecule has 0 saturated heterocycles. The minimum atomic E-state index is 0.635. The molecule has 0 amide bonds.